The normalized spacial score (nSPS) is 20.8. The van der Waals surface area contributed by atoms with Crippen LogP contribution in [0.5, 0.6) is 0 Å². The Morgan fingerprint density at radius 3 is 2.86 bits per heavy atom. The number of fused-ring (bicyclic) bond motifs is 3. The van der Waals surface area contributed by atoms with Gasteiger partial charge in [-0.25, -0.2) is 13.1 Å². The number of nitrogens with one attached hydrogen (secondary N) is 2. The van der Waals surface area contributed by atoms with E-state index < -0.39 is 10.0 Å². The zero-order valence-corrected chi connectivity index (χ0v) is 17.3. The van der Waals surface area contributed by atoms with Gasteiger partial charge in [-0.3, -0.25) is 4.79 Å². The maximum Gasteiger partial charge on any atom is 0.253 e. The number of aryl methyl sites for hydroxylation is 2. The van der Waals surface area contributed by atoms with E-state index in [1.54, 1.807) is 0 Å². The van der Waals surface area contributed by atoms with Crippen LogP contribution in [0.2, 0.25) is 0 Å². The Hall–Kier alpha value is -1.86. The summed E-state index contributed by atoms with van der Waals surface area (Å²) in [6.07, 6.45) is 8.89. The first-order chi connectivity index (χ1) is 13.4. The molecule has 0 spiro atoms. The van der Waals surface area contributed by atoms with Crippen molar-refractivity contribution in [3.8, 4) is 0 Å². The summed E-state index contributed by atoms with van der Waals surface area (Å²) in [6.45, 7) is 1.73. The van der Waals surface area contributed by atoms with Gasteiger partial charge in [0, 0.05) is 41.8 Å². The monoisotopic (exact) mass is 403 g/mol. The Morgan fingerprint density at radius 1 is 1.21 bits per heavy atom. The molecule has 6 nitrogen and oxygen atoms in total. The number of amides is 1. The summed E-state index contributed by atoms with van der Waals surface area (Å²) in [5.41, 5.74) is 4.57. The van der Waals surface area contributed by atoms with Crippen LogP contribution >= 0.6 is 0 Å². The quantitative estimate of drug-likeness (QED) is 0.770. The van der Waals surface area contributed by atoms with E-state index in [1.165, 1.54) is 42.2 Å². The molecule has 2 aromatic rings. The number of carbonyl (C=O) groups excluding carboxylic acids is 1. The molecule has 7 heteroatoms. The van der Waals surface area contributed by atoms with E-state index in [1.807, 2.05) is 17.0 Å². The molecule has 0 saturated carbocycles. The van der Waals surface area contributed by atoms with Gasteiger partial charge in [-0.15, -0.1) is 0 Å². The highest BCUT2D eigenvalue weighted by molar-refractivity contribution is 7.88. The van der Waals surface area contributed by atoms with E-state index in [-0.39, 0.29) is 11.8 Å². The van der Waals surface area contributed by atoms with Crippen molar-refractivity contribution >= 4 is 26.8 Å². The average molecular weight is 404 g/mol. The number of H-pyrrole nitrogens is 1. The van der Waals surface area contributed by atoms with E-state index in [2.05, 4.69) is 15.8 Å². The molecule has 4 rings (SSSR count). The molecular weight excluding hydrogens is 374 g/mol. The van der Waals surface area contributed by atoms with E-state index in [4.69, 9.17) is 0 Å². The number of hydrogen-bond acceptors (Lipinski definition) is 3. The number of nitrogens with zero attached hydrogens (tertiary/aromatic N) is 1. The van der Waals surface area contributed by atoms with Gasteiger partial charge in [0.2, 0.25) is 10.0 Å². The number of piperidine rings is 1. The standard InChI is InChI=1S/C21H29N3O3S/c1-28(26,27)22-13-15-6-5-11-24(14-15)21(25)16-9-10-20-18(12-16)17-7-3-2-4-8-19(17)23-20/h9-10,12,15,22-23H,2-8,11,13-14H2,1H3. The number of carbonyl (C=O) groups is 1. The van der Waals surface area contributed by atoms with E-state index in [9.17, 15) is 13.2 Å². The van der Waals surface area contributed by atoms with Crippen molar-refractivity contribution in [1.29, 1.82) is 0 Å². The van der Waals surface area contributed by atoms with Crippen LogP contribution in [0.3, 0.4) is 0 Å². The summed E-state index contributed by atoms with van der Waals surface area (Å²) in [4.78, 5) is 18.6. The predicted molar refractivity (Wildman–Crippen MR) is 111 cm³/mol. The van der Waals surface area contributed by atoms with Crippen LogP contribution in [0.25, 0.3) is 10.9 Å². The Labute approximate surface area is 166 Å². The second-order valence-electron chi connectivity index (χ2n) is 8.28. The lowest BCUT2D eigenvalue weighted by Crippen LogP contribution is -2.43. The van der Waals surface area contributed by atoms with Crippen molar-refractivity contribution in [3.05, 3.63) is 35.0 Å². The van der Waals surface area contributed by atoms with Gasteiger partial charge in [0.05, 0.1) is 6.26 Å². The molecule has 1 aromatic carbocycles. The molecule has 0 radical (unpaired) electrons. The molecular formula is C21H29N3O3S. The summed E-state index contributed by atoms with van der Waals surface area (Å²) in [7, 11) is -3.20. The summed E-state index contributed by atoms with van der Waals surface area (Å²) in [5.74, 6) is 0.217. The van der Waals surface area contributed by atoms with Gasteiger partial charge in [0.1, 0.15) is 0 Å². The molecule has 2 heterocycles. The number of hydrogen-bond donors (Lipinski definition) is 2. The molecule has 1 amide bonds. The largest absolute Gasteiger partial charge is 0.358 e. The van der Waals surface area contributed by atoms with Crippen LogP contribution in [-0.2, 0) is 22.9 Å². The minimum absolute atomic E-state index is 0.0505. The average Bonchev–Trinajstić information content (AvgIpc) is 2.85. The van der Waals surface area contributed by atoms with Crippen molar-refractivity contribution in [2.24, 2.45) is 5.92 Å². The fraction of sp³-hybridized carbons (Fsp3) is 0.571. The van der Waals surface area contributed by atoms with Crippen LogP contribution in [0, 0.1) is 5.92 Å². The molecule has 1 atom stereocenters. The molecule has 2 aliphatic rings. The van der Waals surface area contributed by atoms with Crippen LogP contribution in [-0.4, -0.2) is 50.1 Å². The van der Waals surface area contributed by atoms with Gasteiger partial charge in [-0.1, -0.05) is 6.42 Å². The summed E-state index contributed by atoms with van der Waals surface area (Å²) in [6, 6.07) is 6.00. The van der Waals surface area contributed by atoms with Gasteiger partial charge in [0.15, 0.2) is 0 Å². The molecule has 1 saturated heterocycles. The Bertz CT molecular complexity index is 980. The third kappa shape index (κ3) is 4.25. The SMILES string of the molecule is CS(=O)(=O)NCC1CCCN(C(=O)c2ccc3[nH]c4c(c3c2)CCCCC4)C1. The van der Waals surface area contributed by atoms with Crippen LogP contribution in [0.4, 0.5) is 0 Å². The van der Waals surface area contributed by atoms with Crippen molar-refractivity contribution in [1.82, 2.24) is 14.6 Å². The molecule has 1 aliphatic carbocycles. The lowest BCUT2D eigenvalue weighted by atomic mass is 9.97. The zero-order valence-electron chi connectivity index (χ0n) is 16.5. The molecule has 152 valence electrons. The maximum atomic E-state index is 13.1. The lowest BCUT2D eigenvalue weighted by Gasteiger charge is -2.32. The highest BCUT2D eigenvalue weighted by atomic mass is 32.2. The Morgan fingerprint density at radius 2 is 2.04 bits per heavy atom. The van der Waals surface area contributed by atoms with E-state index in [0.717, 1.165) is 43.3 Å². The first-order valence-electron chi connectivity index (χ1n) is 10.3. The first-order valence-corrected chi connectivity index (χ1v) is 12.2. The molecule has 1 aliphatic heterocycles. The van der Waals surface area contributed by atoms with Crippen molar-refractivity contribution in [3.63, 3.8) is 0 Å². The minimum Gasteiger partial charge on any atom is -0.358 e. The second kappa shape index (κ2) is 7.87. The first kappa shape index (κ1) is 19.5. The number of sulfonamides is 1. The number of aromatic nitrogens is 1. The second-order valence-corrected chi connectivity index (χ2v) is 10.1. The highest BCUT2D eigenvalue weighted by Crippen LogP contribution is 2.30. The fourth-order valence-corrected chi connectivity index (χ4v) is 5.12. The Kier molecular flexibility index (Phi) is 5.47. The van der Waals surface area contributed by atoms with Gasteiger partial charge in [-0.05, 0) is 68.2 Å². The van der Waals surface area contributed by atoms with Crippen LogP contribution in [0.15, 0.2) is 18.2 Å². The van der Waals surface area contributed by atoms with Crippen molar-refractivity contribution in [2.45, 2.75) is 44.9 Å². The number of likely N-dealkylation sites (tertiary alicyclic amines) is 1. The summed E-state index contributed by atoms with van der Waals surface area (Å²) >= 11 is 0. The molecule has 1 fully saturated rings. The highest BCUT2D eigenvalue weighted by Gasteiger charge is 2.25. The number of aromatic amines is 1. The lowest BCUT2D eigenvalue weighted by molar-refractivity contribution is 0.0676. The summed E-state index contributed by atoms with van der Waals surface area (Å²) in [5, 5.41) is 1.19. The third-order valence-corrected chi connectivity index (χ3v) is 6.73. The third-order valence-electron chi connectivity index (χ3n) is 6.04. The molecule has 2 N–H and O–H groups in total. The van der Waals surface area contributed by atoms with Gasteiger partial charge >= 0.3 is 0 Å². The molecule has 1 aromatic heterocycles. The van der Waals surface area contributed by atoms with E-state index >= 15 is 0 Å². The van der Waals surface area contributed by atoms with Gasteiger partial charge < -0.3 is 9.88 Å². The van der Waals surface area contributed by atoms with Crippen molar-refractivity contribution in [2.75, 3.05) is 25.9 Å². The number of rotatable bonds is 4. The minimum atomic E-state index is -3.20. The molecule has 28 heavy (non-hydrogen) atoms. The van der Waals surface area contributed by atoms with Crippen LogP contribution in [0.1, 0.15) is 53.7 Å². The Balaban J connectivity index is 1.52. The van der Waals surface area contributed by atoms with Gasteiger partial charge in [0.25, 0.3) is 5.91 Å². The molecule has 1 unspecified atom stereocenters. The van der Waals surface area contributed by atoms with Crippen molar-refractivity contribution < 1.29 is 13.2 Å². The maximum absolute atomic E-state index is 13.1. The summed E-state index contributed by atoms with van der Waals surface area (Å²) < 4.78 is 25.3. The van der Waals surface area contributed by atoms with E-state index in [0.29, 0.717) is 13.1 Å². The number of benzene rings is 1. The van der Waals surface area contributed by atoms with Gasteiger partial charge in [-0.2, -0.15) is 0 Å². The zero-order chi connectivity index (χ0) is 19.7. The predicted octanol–water partition coefficient (Wildman–Crippen LogP) is 2.84. The fourth-order valence-electron chi connectivity index (χ4n) is 4.58. The smallest absolute Gasteiger partial charge is 0.253 e. The van der Waals surface area contributed by atoms with Crippen LogP contribution < -0.4 is 4.72 Å². The molecule has 0 bridgehead atoms. The topological polar surface area (TPSA) is 82.3 Å².